The van der Waals surface area contributed by atoms with Gasteiger partial charge in [-0.15, -0.1) is 0 Å². The maximum absolute atomic E-state index is 12.9. The molecular weight excluding hydrogens is 384 g/mol. The third kappa shape index (κ3) is 4.07. The van der Waals surface area contributed by atoms with Gasteiger partial charge >= 0.3 is 0 Å². The van der Waals surface area contributed by atoms with Gasteiger partial charge in [0, 0.05) is 37.0 Å². The molecule has 1 amide bonds. The quantitative estimate of drug-likeness (QED) is 0.674. The molecule has 1 aliphatic rings. The van der Waals surface area contributed by atoms with Gasteiger partial charge in [-0.05, 0) is 25.0 Å². The molecule has 0 radical (unpaired) electrons. The van der Waals surface area contributed by atoms with Crippen molar-refractivity contribution >= 4 is 28.4 Å². The summed E-state index contributed by atoms with van der Waals surface area (Å²) in [4.78, 5) is 34.8. The van der Waals surface area contributed by atoms with Gasteiger partial charge in [-0.25, -0.2) is 4.98 Å². The molecule has 3 aromatic rings. The van der Waals surface area contributed by atoms with Gasteiger partial charge in [-0.3, -0.25) is 9.59 Å². The predicted octanol–water partition coefficient (Wildman–Crippen LogP) is 2.80. The fourth-order valence-electron chi connectivity index (χ4n) is 3.74. The van der Waals surface area contributed by atoms with Crippen LogP contribution in [0.4, 0.5) is 11.5 Å². The molecule has 8 nitrogen and oxygen atoms in total. The lowest BCUT2D eigenvalue weighted by molar-refractivity contribution is -0.120. The first-order valence-corrected chi connectivity index (χ1v) is 9.85. The van der Waals surface area contributed by atoms with Crippen LogP contribution in [0, 0.1) is 5.92 Å². The number of fused-ring (bicyclic) bond motifs is 1. The van der Waals surface area contributed by atoms with Gasteiger partial charge in [-0.1, -0.05) is 12.1 Å². The monoisotopic (exact) mass is 408 g/mol. The summed E-state index contributed by atoms with van der Waals surface area (Å²) in [7, 11) is 3.13. The average Bonchev–Trinajstić information content (AvgIpc) is 2.78. The lowest BCUT2D eigenvalue weighted by Gasteiger charge is -2.32. The van der Waals surface area contributed by atoms with Gasteiger partial charge < -0.3 is 24.7 Å². The number of benzene rings is 2. The molecule has 1 atom stereocenters. The standard InChI is InChI=1S/C22H24N4O4/c1-29-16-10-15(11-17(12-16)30-2)23-21(27)14-6-5-9-26(13-14)20-22(28)25-19-8-4-3-7-18(19)24-20/h3-4,7-8,10-12,14H,5-6,9,13H2,1-2H3,(H,23,27)(H,25,28)/t14-/m1/s1. The Bertz CT molecular complexity index is 1110. The molecule has 2 N–H and O–H groups in total. The molecular formula is C22H24N4O4. The Balaban J connectivity index is 1.52. The minimum Gasteiger partial charge on any atom is -0.497 e. The highest BCUT2D eigenvalue weighted by Gasteiger charge is 2.28. The Labute approximate surface area is 173 Å². The lowest BCUT2D eigenvalue weighted by Crippen LogP contribution is -2.43. The molecule has 0 unspecified atom stereocenters. The van der Waals surface area contributed by atoms with E-state index in [1.165, 1.54) is 0 Å². The van der Waals surface area contributed by atoms with E-state index in [0.29, 0.717) is 41.6 Å². The van der Waals surface area contributed by atoms with E-state index < -0.39 is 0 Å². The summed E-state index contributed by atoms with van der Waals surface area (Å²) < 4.78 is 10.5. The number of carbonyl (C=O) groups excluding carboxylic acids is 1. The van der Waals surface area contributed by atoms with Crippen molar-refractivity contribution in [3.05, 3.63) is 52.8 Å². The number of methoxy groups -OCH3 is 2. The molecule has 4 rings (SSSR count). The SMILES string of the molecule is COc1cc(NC(=O)[C@@H]2CCCN(c3nc4ccccc4[nH]c3=O)C2)cc(OC)c1. The molecule has 2 aromatic carbocycles. The minimum atomic E-state index is -0.261. The Hall–Kier alpha value is -3.55. The van der Waals surface area contributed by atoms with E-state index in [0.717, 1.165) is 18.4 Å². The summed E-state index contributed by atoms with van der Waals surface area (Å²) in [6.45, 7) is 1.12. The Morgan fingerprint density at radius 1 is 1.17 bits per heavy atom. The summed E-state index contributed by atoms with van der Waals surface area (Å²) >= 11 is 0. The van der Waals surface area contributed by atoms with Gasteiger partial charge in [0.1, 0.15) is 11.5 Å². The third-order valence-electron chi connectivity index (χ3n) is 5.29. The molecule has 156 valence electrons. The summed E-state index contributed by atoms with van der Waals surface area (Å²) in [5.74, 6) is 1.19. The number of anilines is 2. The van der Waals surface area contributed by atoms with Crippen molar-refractivity contribution in [3.63, 3.8) is 0 Å². The van der Waals surface area contributed by atoms with E-state index in [1.54, 1.807) is 32.4 Å². The highest BCUT2D eigenvalue weighted by atomic mass is 16.5. The number of rotatable bonds is 5. The second-order valence-electron chi connectivity index (χ2n) is 7.28. The number of amides is 1. The third-order valence-corrected chi connectivity index (χ3v) is 5.29. The van der Waals surface area contributed by atoms with Crippen LogP contribution in [-0.4, -0.2) is 43.2 Å². The van der Waals surface area contributed by atoms with E-state index in [9.17, 15) is 9.59 Å². The number of hydrogen-bond donors (Lipinski definition) is 2. The van der Waals surface area contributed by atoms with E-state index in [-0.39, 0.29) is 17.4 Å². The van der Waals surface area contributed by atoms with Crippen LogP contribution in [0.2, 0.25) is 0 Å². The molecule has 0 aliphatic carbocycles. The topological polar surface area (TPSA) is 96.5 Å². The largest absolute Gasteiger partial charge is 0.497 e. The van der Waals surface area contributed by atoms with Crippen LogP contribution in [0.1, 0.15) is 12.8 Å². The zero-order chi connectivity index (χ0) is 21.1. The van der Waals surface area contributed by atoms with Crippen LogP contribution < -0.4 is 25.2 Å². The van der Waals surface area contributed by atoms with Crippen LogP contribution in [0.5, 0.6) is 11.5 Å². The van der Waals surface area contributed by atoms with Crippen molar-refractivity contribution in [2.24, 2.45) is 5.92 Å². The van der Waals surface area contributed by atoms with Crippen molar-refractivity contribution < 1.29 is 14.3 Å². The van der Waals surface area contributed by atoms with E-state index >= 15 is 0 Å². The first-order valence-electron chi connectivity index (χ1n) is 9.85. The van der Waals surface area contributed by atoms with E-state index in [2.05, 4.69) is 15.3 Å². The van der Waals surface area contributed by atoms with Gasteiger partial charge in [0.15, 0.2) is 5.82 Å². The summed E-state index contributed by atoms with van der Waals surface area (Å²) in [5.41, 5.74) is 1.79. The average molecular weight is 408 g/mol. The molecule has 1 aliphatic heterocycles. The van der Waals surface area contributed by atoms with E-state index in [4.69, 9.17) is 9.47 Å². The number of hydrogen-bond acceptors (Lipinski definition) is 6. The van der Waals surface area contributed by atoms with Crippen molar-refractivity contribution in [1.82, 2.24) is 9.97 Å². The molecule has 1 aromatic heterocycles. The summed E-state index contributed by atoms with van der Waals surface area (Å²) in [6, 6.07) is 12.7. The molecule has 0 saturated carbocycles. The number of aromatic nitrogens is 2. The number of para-hydroxylation sites is 2. The maximum Gasteiger partial charge on any atom is 0.291 e. The van der Waals surface area contributed by atoms with Crippen LogP contribution in [-0.2, 0) is 4.79 Å². The smallest absolute Gasteiger partial charge is 0.291 e. The Kier molecular flexibility index (Phi) is 5.56. The van der Waals surface area contributed by atoms with Gasteiger partial charge in [-0.2, -0.15) is 0 Å². The van der Waals surface area contributed by atoms with Crippen molar-refractivity contribution in [1.29, 1.82) is 0 Å². The van der Waals surface area contributed by atoms with Crippen LogP contribution in [0.3, 0.4) is 0 Å². The zero-order valence-corrected chi connectivity index (χ0v) is 17.0. The van der Waals surface area contributed by atoms with Gasteiger partial charge in [0.2, 0.25) is 5.91 Å². The number of aromatic amines is 1. The second kappa shape index (κ2) is 8.44. The molecule has 1 fully saturated rings. The zero-order valence-electron chi connectivity index (χ0n) is 17.0. The molecule has 0 spiro atoms. The molecule has 2 heterocycles. The van der Waals surface area contributed by atoms with Crippen molar-refractivity contribution in [2.45, 2.75) is 12.8 Å². The first kappa shape index (κ1) is 19.8. The highest BCUT2D eigenvalue weighted by molar-refractivity contribution is 5.93. The first-order chi connectivity index (χ1) is 14.6. The van der Waals surface area contributed by atoms with Crippen molar-refractivity contribution in [3.8, 4) is 11.5 Å². The van der Waals surface area contributed by atoms with Crippen LogP contribution in [0.15, 0.2) is 47.3 Å². The van der Waals surface area contributed by atoms with E-state index in [1.807, 2.05) is 29.2 Å². The number of H-pyrrole nitrogens is 1. The number of carbonyl (C=O) groups is 1. The molecule has 8 heteroatoms. The summed E-state index contributed by atoms with van der Waals surface area (Å²) in [5, 5.41) is 2.95. The van der Waals surface area contributed by atoms with Crippen LogP contribution in [0.25, 0.3) is 11.0 Å². The maximum atomic E-state index is 12.9. The normalized spacial score (nSPS) is 16.3. The highest BCUT2D eigenvalue weighted by Crippen LogP contribution is 2.27. The Morgan fingerprint density at radius 2 is 1.90 bits per heavy atom. The molecule has 0 bridgehead atoms. The van der Waals surface area contributed by atoms with Crippen molar-refractivity contribution in [2.75, 3.05) is 37.5 Å². The Morgan fingerprint density at radius 3 is 2.63 bits per heavy atom. The van der Waals surface area contributed by atoms with Gasteiger partial charge in [0.05, 0.1) is 31.2 Å². The second-order valence-corrected chi connectivity index (χ2v) is 7.28. The number of piperidine rings is 1. The van der Waals surface area contributed by atoms with Gasteiger partial charge in [0.25, 0.3) is 5.56 Å². The number of nitrogens with zero attached hydrogens (tertiary/aromatic N) is 2. The predicted molar refractivity (Wildman–Crippen MR) is 115 cm³/mol. The molecule has 30 heavy (non-hydrogen) atoms. The fraction of sp³-hybridized carbons (Fsp3) is 0.318. The lowest BCUT2D eigenvalue weighted by atomic mass is 9.97. The number of ether oxygens (including phenoxy) is 2. The fourth-order valence-corrected chi connectivity index (χ4v) is 3.74. The number of nitrogens with one attached hydrogen (secondary N) is 2. The van der Waals surface area contributed by atoms with Crippen LogP contribution >= 0.6 is 0 Å². The summed E-state index contributed by atoms with van der Waals surface area (Å²) in [6.07, 6.45) is 1.54. The molecule has 1 saturated heterocycles. The minimum absolute atomic E-state index is 0.104.